The second kappa shape index (κ2) is 6.53. The molecule has 2 heterocycles. The number of nitrogens with one attached hydrogen (secondary N) is 2. The van der Waals surface area contributed by atoms with Crippen LogP contribution in [0.4, 0.5) is 5.69 Å². The van der Waals surface area contributed by atoms with Gasteiger partial charge in [-0.1, -0.05) is 6.07 Å². The van der Waals surface area contributed by atoms with Crippen molar-refractivity contribution in [3.05, 3.63) is 47.5 Å². The fourth-order valence-electron chi connectivity index (χ4n) is 2.22. The predicted molar refractivity (Wildman–Crippen MR) is 88.8 cm³/mol. The van der Waals surface area contributed by atoms with Gasteiger partial charge in [0.15, 0.2) is 0 Å². The van der Waals surface area contributed by atoms with E-state index in [0.29, 0.717) is 6.54 Å². The van der Waals surface area contributed by atoms with E-state index in [9.17, 15) is 0 Å². The van der Waals surface area contributed by atoms with Crippen LogP contribution in [-0.2, 0) is 6.54 Å². The summed E-state index contributed by atoms with van der Waals surface area (Å²) in [4.78, 5) is 1.17. The number of hydrogen-bond donors (Lipinski definition) is 2. The first-order valence-electron chi connectivity index (χ1n) is 6.84. The molecule has 0 radical (unpaired) electrons. The Morgan fingerprint density at radius 2 is 2.14 bits per heavy atom. The monoisotopic (exact) mass is 315 g/mol. The van der Waals surface area contributed by atoms with E-state index >= 15 is 0 Å². The van der Waals surface area contributed by atoms with Gasteiger partial charge in [-0.3, -0.25) is 5.10 Å². The average molecular weight is 315 g/mol. The highest BCUT2D eigenvalue weighted by Crippen LogP contribution is 2.31. The molecule has 0 saturated carbocycles. The number of hydrogen-bond acceptors (Lipinski definition) is 5. The number of methoxy groups -OCH3 is 2. The Morgan fingerprint density at radius 3 is 2.86 bits per heavy atom. The first-order chi connectivity index (χ1) is 10.8. The lowest BCUT2D eigenvalue weighted by molar-refractivity contribution is 0.404. The van der Waals surface area contributed by atoms with Crippen molar-refractivity contribution in [2.75, 3.05) is 19.5 Å². The van der Waals surface area contributed by atoms with E-state index < -0.39 is 0 Å². The van der Waals surface area contributed by atoms with Crippen molar-refractivity contribution in [2.45, 2.75) is 6.54 Å². The molecule has 1 aromatic carbocycles. The van der Waals surface area contributed by atoms with Crippen LogP contribution in [-0.4, -0.2) is 24.4 Å². The first kappa shape index (κ1) is 14.5. The zero-order chi connectivity index (χ0) is 15.4. The molecule has 0 bridgehead atoms. The third-order valence-corrected chi connectivity index (χ3v) is 4.25. The average Bonchev–Trinajstić information content (AvgIpc) is 3.23. The summed E-state index contributed by atoms with van der Waals surface area (Å²) in [6.45, 7) is 0.646. The van der Waals surface area contributed by atoms with Gasteiger partial charge in [0.25, 0.3) is 0 Å². The first-order valence-corrected chi connectivity index (χ1v) is 7.72. The Hall–Kier alpha value is -2.47. The zero-order valence-electron chi connectivity index (χ0n) is 12.4. The lowest BCUT2D eigenvalue weighted by Gasteiger charge is -2.12. The molecule has 0 atom stereocenters. The summed E-state index contributed by atoms with van der Waals surface area (Å²) in [7, 11) is 3.30. The smallest absolute Gasteiger partial charge is 0.142 e. The van der Waals surface area contributed by atoms with Crippen molar-refractivity contribution in [1.82, 2.24) is 10.2 Å². The zero-order valence-corrected chi connectivity index (χ0v) is 13.2. The molecule has 114 valence electrons. The van der Waals surface area contributed by atoms with E-state index in [2.05, 4.69) is 27.0 Å². The molecule has 0 aliphatic heterocycles. The van der Waals surface area contributed by atoms with E-state index in [1.165, 1.54) is 4.88 Å². The highest BCUT2D eigenvalue weighted by atomic mass is 32.1. The minimum absolute atomic E-state index is 0.646. The van der Waals surface area contributed by atoms with Gasteiger partial charge < -0.3 is 14.8 Å². The third kappa shape index (κ3) is 2.92. The quantitative estimate of drug-likeness (QED) is 0.727. The van der Waals surface area contributed by atoms with Crippen LogP contribution in [0.3, 0.4) is 0 Å². The summed E-state index contributed by atoms with van der Waals surface area (Å²) in [5.74, 6) is 1.57. The topological polar surface area (TPSA) is 59.2 Å². The molecular formula is C16H17N3O2S. The molecule has 3 aromatic rings. The maximum absolute atomic E-state index is 5.38. The second-order valence-corrected chi connectivity index (χ2v) is 5.62. The van der Waals surface area contributed by atoms with Crippen LogP contribution in [0.1, 0.15) is 5.56 Å². The number of benzene rings is 1. The van der Waals surface area contributed by atoms with Gasteiger partial charge in [-0.25, -0.2) is 0 Å². The predicted octanol–water partition coefficient (Wildman–Crippen LogP) is 3.77. The number of nitrogens with zero attached hydrogens (tertiary/aromatic N) is 1. The summed E-state index contributed by atoms with van der Waals surface area (Å²) in [5.41, 5.74) is 3.04. The molecule has 22 heavy (non-hydrogen) atoms. The summed E-state index contributed by atoms with van der Waals surface area (Å²) >= 11 is 1.69. The standard InChI is InChI=1S/C16H17N3O2S/c1-20-12-5-6-14(21-2)13(8-12)17-9-11-10-18-19-16(11)15-4-3-7-22-15/h3-8,10,17H,9H2,1-2H3,(H,18,19). The molecule has 5 nitrogen and oxygen atoms in total. The van der Waals surface area contributed by atoms with Crippen LogP contribution in [0.5, 0.6) is 11.5 Å². The van der Waals surface area contributed by atoms with Gasteiger partial charge in [-0.2, -0.15) is 5.10 Å². The number of aromatic amines is 1. The Morgan fingerprint density at radius 1 is 1.23 bits per heavy atom. The summed E-state index contributed by atoms with van der Waals surface area (Å²) in [5, 5.41) is 12.6. The van der Waals surface area contributed by atoms with E-state index in [0.717, 1.165) is 28.4 Å². The van der Waals surface area contributed by atoms with Gasteiger partial charge in [-0.15, -0.1) is 11.3 Å². The summed E-state index contributed by atoms with van der Waals surface area (Å²) < 4.78 is 10.6. The molecule has 0 fully saturated rings. The van der Waals surface area contributed by atoms with Gasteiger partial charge in [0.2, 0.25) is 0 Å². The van der Waals surface area contributed by atoms with Crippen LogP contribution >= 0.6 is 11.3 Å². The Bertz CT molecular complexity index is 738. The van der Waals surface area contributed by atoms with Crippen molar-refractivity contribution in [1.29, 1.82) is 0 Å². The minimum Gasteiger partial charge on any atom is -0.497 e. The highest BCUT2D eigenvalue weighted by molar-refractivity contribution is 7.13. The highest BCUT2D eigenvalue weighted by Gasteiger charge is 2.10. The van der Waals surface area contributed by atoms with Gasteiger partial charge in [0, 0.05) is 18.2 Å². The lowest BCUT2D eigenvalue weighted by Crippen LogP contribution is -2.02. The number of aromatic nitrogens is 2. The normalized spacial score (nSPS) is 10.5. The Balaban J connectivity index is 1.80. The van der Waals surface area contributed by atoms with E-state index in [1.807, 2.05) is 30.5 Å². The lowest BCUT2D eigenvalue weighted by atomic mass is 10.2. The number of rotatable bonds is 6. The number of anilines is 1. The SMILES string of the molecule is COc1ccc(OC)c(NCc2cn[nH]c2-c2cccs2)c1. The van der Waals surface area contributed by atoms with E-state index in [4.69, 9.17) is 9.47 Å². The minimum atomic E-state index is 0.646. The molecule has 0 amide bonds. The van der Waals surface area contributed by atoms with Crippen molar-refractivity contribution in [3.8, 4) is 22.1 Å². The van der Waals surface area contributed by atoms with Gasteiger partial charge in [-0.05, 0) is 23.6 Å². The largest absolute Gasteiger partial charge is 0.497 e. The second-order valence-electron chi connectivity index (χ2n) is 4.67. The molecule has 0 spiro atoms. The van der Waals surface area contributed by atoms with Crippen LogP contribution in [0, 0.1) is 0 Å². The van der Waals surface area contributed by atoms with Gasteiger partial charge >= 0.3 is 0 Å². The van der Waals surface area contributed by atoms with Crippen molar-refractivity contribution in [3.63, 3.8) is 0 Å². The van der Waals surface area contributed by atoms with Crippen molar-refractivity contribution >= 4 is 17.0 Å². The molecule has 3 rings (SSSR count). The molecule has 0 unspecified atom stereocenters. The van der Waals surface area contributed by atoms with Gasteiger partial charge in [0.05, 0.1) is 36.7 Å². The Kier molecular flexibility index (Phi) is 4.29. The third-order valence-electron chi connectivity index (χ3n) is 3.36. The van der Waals surface area contributed by atoms with Crippen molar-refractivity contribution < 1.29 is 9.47 Å². The maximum Gasteiger partial charge on any atom is 0.142 e. The van der Waals surface area contributed by atoms with Crippen molar-refractivity contribution in [2.24, 2.45) is 0 Å². The van der Waals surface area contributed by atoms with Crippen LogP contribution < -0.4 is 14.8 Å². The fourth-order valence-corrected chi connectivity index (χ4v) is 2.98. The molecular weight excluding hydrogens is 298 g/mol. The van der Waals surface area contributed by atoms with Crippen LogP contribution in [0.25, 0.3) is 10.6 Å². The maximum atomic E-state index is 5.38. The fraction of sp³-hybridized carbons (Fsp3) is 0.188. The number of ether oxygens (including phenoxy) is 2. The summed E-state index contributed by atoms with van der Waals surface area (Å²) in [6.07, 6.45) is 1.84. The molecule has 2 aromatic heterocycles. The molecule has 2 N–H and O–H groups in total. The molecule has 0 aliphatic carbocycles. The van der Waals surface area contributed by atoms with Crippen LogP contribution in [0.2, 0.25) is 0 Å². The Labute approximate surface area is 132 Å². The number of thiophene rings is 1. The molecule has 6 heteroatoms. The number of H-pyrrole nitrogens is 1. The molecule has 0 saturated heterocycles. The summed E-state index contributed by atoms with van der Waals surface area (Å²) in [6, 6.07) is 9.79. The van der Waals surface area contributed by atoms with Gasteiger partial charge in [0.1, 0.15) is 11.5 Å². The van der Waals surface area contributed by atoms with E-state index in [1.54, 1.807) is 25.6 Å². The van der Waals surface area contributed by atoms with Crippen LogP contribution in [0.15, 0.2) is 41.9 Å². The van der Waals surface area contributed by atoms with E-state index in [-0.39, 0.29) is 0 Å². The molecule has 0 aliphatic rings.